The topological polar surface area (TPSA) is 77.4 Å². The van der Waals surface area contributed by atoms with Crippen LogP contribution in [0.1, 0.15) is 36.7 Å². The molecule has 150 valence electrons. The van der Waals surface area contributed by atoms with Gasteiger partial charge in [0.25, 0.3) is 11.5 Å². The van der Waals surface area contributed by atoms with Gasteiger partial charge in [-0.1, -0.05) is 11.6 Å². The molecule has 1 atom stereocenters. The van der Waals surface area contributed by atoms with Gasteiger partial charge < -0.3 is 10.1 Å². The molecule has 0 fully saturated rings. The number of pyridine rings is 1. The highest BCUT2D eigenvalue weighted by molar-refractivity contribution is 6.30. The number of benzene rings is 1. The molecule has 2 rings (SSSR count). The summed E-state index contributed by atoms with van der Waals surface area (Å²) >= 11 is 5.94. The van der Waals surface area contributed by atoms with E-state index in [4.69, 9.17) is 16.3 Å². The van der Waals surface area contributed by atoms with Gasteiger partial charge >= 0.3 is 0 Å². The maximum atomic E-state index is 13.2. The van der Waals surface area contributed by atoms with Crippen molar-refractivity contribution in [2.45, 2.75) is 32.4 Å². The van der Waals surface area contributed by atoms with Gasteiger partial charge in [0.05, 0.1) is 11.1 Å². The molecule has 0 radical (unpaired) electrons. The number of rotatable bonds is 9. The Hall–Kier alpha value is -2.51. The third-order valence-electron chi connectivity index (χ3n) is 3.88. The van der Waals surface area contributed by atoms with Gasteiger partial charge in [0.2, 0.25) is 0 Å². The van der Waals surface area contributed by atoms with Gasteiger partial charge in [-0.05, 0) is 50.6 Å². The van der Waals surface area contributed by atoms with Gasteiger partial charge in [-0.3, -0.25) is 19.0 Å². The molecule has 1 unspecified atom stereocenters. The van der Waals surface area contributed by atoms with Crippen molar-refractivity contribution in [1.29, 1.82) is 0 Å². The highest BCUT2D eigenvalue weighted by Crippen LogP contribution is 2.16. The molecule has 8 heteroatoms. The molecule has 0 aliphatic carbocycles. The first-order valence-electron chi connectivity index (χ1n) is 8.86. The van der Waals surface area contributed by atoms with Crippen molar-refractivity contribution >= 4 is 23.3 Å². The Morgan fingerprint density at radius 2 is 1.86 bits per heavy atom. The Morgan fingerprint density at radius 3 is 2.50 bits per heavy atom. The Kier molecular flexibility index (Phi) is 7.90. The second-order valence-electron chi connectivity index (χ2n) is 6.43. The lowest BCUT2D eigenvalue weighted by Gasteiger charge is -2.19. The zero-order valence-electron chi connectivity index (χ0n) is 15.7. The average Bonchev–Trinajstić information content (AvgIpc) is 2.64. The largest absolute Gasteiger partial charge is 0.379 e. The van der Waals surface area contributed by atoms with Crippen molar-refractivity contribution < 1.29 is 18.7 Å². The molecule has 0 bridgehead atoms. The zero-order chi connectivity index (χ0) is 20.7. The number of nitrogens with zero attached hydrogens (tertiary/aromatic N) is 1. The van der Waals surface area contributed by atoms with Gasteiger partial charge in [0.15, 0.2) is 11.8 Å². The van der Waals surface area contributed by atoms with E-state index in [0.29, 0.717) is 13.0 Å². The quantitative estimate of drug-likeness (QED) is 0.393. The first-order chi connectivity index (χ1) is 13.3. The number of ether oxygens (including phenoxy) is 1. The first kappa shape index (κ1) is 21.8. The van der Waals surface area contributed by atoms with Crippen LogP contribution in [0, 0.1) is 5.82 Å². The van der Waals surface area contributed by atoms with Crippen molar-refractivity contribution in [1.82, 2.24) is 9.88 Å². The molecular weight excluding hydrogens is 387 g/mol. The molecule has 0 aliphatic rings. The molecule has 0 spiro atoms. The van der Waals surface area contributed by atoms with Gasteiger partial charge in [0.1, 0.15) is 5.82 Å². The number of nitrogens with one attached hydrogen (secondary N) is 1. The van der Waals surface area contributed by atoms with Crippen molar-refractivity contribution in [2.24, 2.45) is 0 Å². The summed E-state index contributed by atoms with van der Waals surface area (Å²) < 4.78 is 19.6. The minimum atomic E-state index is -1.46. The van der Waals surface area contributed by atoms with E-state index in [1.165, 1.54) is 30.5 Å². The summed E-state index contributed by atoms with van der Waals surface area (Å²) in [7, 11) is 0. The number of carbonyl (C=O) groups is 2. The lowest BCUT2D eigenvalue weighted by atomic mass is 10.0. The molecule has 1 aromatic heterocycles. The predicted octanol–water partition coefficient (Wildman–Crippen LogP) is 3.00. The van der Waals surface area contributed by atoms with E-state index in [1.54, 1.807) is 0 Å². The van der Waals surface area contributed by atoms with Crippen molar-refractivity contribution in [2.75, 3.05) is 13.2 Å². The summed E-state index contributed by atoms with van der Waals surface area (Å²) in [4.78, 5) is 37.9. The second kappa shape index (κ2) is 10.1. The normalized spacial score (nSPS) is 12.0. The molecule has 1 heterocycles. The summed E-state index contributed by atoms with van der Waals surface area (Å²) in [5, 5.41) is 2.85. The van der Waals surface area contributed by atoms with Gasteiger partial charge in [-0.25, -0.2) is 4.39 Å². The number of halogens is 2. The number of Topliss-reactive ketones (excluding diaryl/α,β-unsaturated/α-hetero) is 1. The fourth-order valence-corrected chi connectivity index (χ4v) is 2.69. The number of hydrogen-bond donors (Lipinski definition) is 1. The Labute approximate surface area is 167 Å². The summed E-state index contributed by atoms with van der Waals surface area (Å²) in [5.41, 5.74) is -0.445. The molecule has 0 aliphatic heterocycles. The van der Waals surface area contributed by atoms with Crippen molar-refractivity contribution in [3.05, 3.63) is 69.4 Å². The van der Waals surface area contributed by atoms with Crippen LogP contribution in [-0.4, -0.2) is 35.5 Å². The van der Waals surface area contributed by atoms with E-state index >= 15 is 0 Å². The first-order valence-corrected chi connectivity index (χ1v) is 9.24. The van der Waals surface area contributed by atoms with Crippen LogP contribution in [0.15, 0.2) is 47.4 Å². The predicted molar refractivity (Wildman–Crippen MR) is 104 cm³/mol. The lowest BCUT2D eigenvalue weighted by molar-refractivity contribution is -0.123. The van der Waals surface area contributed by atoms with Gasteiger partial charge in [-0.2, -0.15) is 0 Å². The molecule has 28 heavy (non-hydrogen) atoms. The molecule has 1 amide bonds. The summed E-state index contributed by atoms with van der Waals surface area (Å²) in [6.45, 7) is 4.53. The number of ketones is 1. The standard InChI is InChI=1S/C20H22ClFN2O4/c1-13(2)28-11-3-10-23-20(27)18(24-12-15(21)6-9-17(24)25)19(26)14-4-7-16(22)8-5-14/h4-9,12-13,18H,3,10-11H2,1-2H3,(H,23,27). The van der Waals surface area contributed by atoms with Crippen molar-refractivity contribution in [3.8, 4) is 0 Å². The Balaban J connectivity index is 2.24. The van der Waals surface area contributed by atoms with E-state index in [9.17, 15) is 18.8 Å². The minimum Gasteiger partial charge on any atom is -0.379 e. The monoisotopic (exact) mass is 408 g/mol. The molecule has 0 saturated carbocycles. The molecule has 2 aromatic rings. The average molecular weight is 409 g/mol. The summed E-state index contributed by atoms with van der Waals surface area (Å²) in [6, 6.07) is 5.87. The van der Waals surface area contributed by atoms with Crippen LogP contribution in [0.4, 0.5) is 4.39 Å². The van der Waals surface area contributed by atoms with E-state index in [2.05, 4.69) is 5.32 Å². The van der Waals surface area contributed by atoms with E-state index in [1.807, 2.05) is 13.8 Å². The van der Waals surface area contributed by atoms with Crippen molar-refractivity contribution in [3.63, 3.8) is 0 Å². The molecular formula is C20H22ClFN2O4. The number of aromatic nitrogens is 1. The highest BCUT2D eigenvalue weighted by atomic mass is 35.5. The summed E-state index contributed by atoms with van der Waals surface area (Å²) in [6.07, 6.45) is 1.86. The molecule has 6 nitrogen and oxygen atoms in total. The van der Waals surface area contributed by atoms with E-state index in [0.717, 1.165) is 16.7 Å². The lowest BCUT2D eigenvalue weighted by Crippen LogP contribution is -2.41. The van der Waals surface area contributed by atoms with Crippen LogP contribution in [0.25, 0.3) is 0 Å². The van der Waals surface area contributed by atoms with Gasteiger partial charge in [-0.15, -0.1) is 0 Å². The smallest absolute Gasteiger partial charge is 0.251 e. The number of hydrogen-bond acceptors (Lipinski definition) is 4. The molecule has 0 saturated heterocycles. The number of amides is 1. The SMILES string of the molecule is CC(C)OCCCNC(=O)C(C(=O)c1ccc(F)cc1)n1cc(Cl)ccc1=O. The van der Waals surface area contributed by atoms with Gasteiger partial charge in [0, 0.05) is 31.0 Å². The summed E-state index contributed by atoms with van der Waals surface area (Å²) in [5.74, 6) is -1.80. The maximum absolute atomic E-state index is 13.2. The molecule has 1 N–H and O–H groups in total. The van der Waals surface area contributed by atoms with Crippen LogP contribution in [-0.2, 0) is 9.53 Å². The van der Waals surface area contributed by atoms with Crippen LogP contribution in [0.2, 0.25) is 5.02 Å². The van der Waals surface area contributed by atoms with Crippen LogP contribution in [0.5, 0.6) is 0 Å². The van der Waals surface area contributed by atoms with Crippen LogP contribution >= 0.6 is 11.6 Å². The number of carbonyl (C=O) groups excluding carboxylic acids is 2. The Bertz CT molecular complexity index is 881. The third-order valence-corrected chi connectivity index (χ3v) is 4.10. The van der Waals surface area contributed by atoms with Crippen LogP contribution < -0.4 is 10.9 Å². The zero-order valence-corrected chi connectivity index (χ0v) is 16.4. The Morgan fingerprint density at radius 1 is 1.18 bits per heavy atom. The minimum absolute atomic E-state index is 0.0774. The fraction of sp³-hybridized carbons (Fsp3) is 0.350. The van der Waals surface area contributed by atoms with E-state index in [-0.39, 0.29) is 23.2 Å². The van der Waals surface area contributed by atoms with Crippen LogP contribution in [0.3, 0.4) is 0 Å². The second-order valence-corrected chi connectivity index (χ2v) is 6.87. The molecule has 1 aromatic carbocycles. The van der Waals surface area contributed by atoms with E-state index < -0.39 is 29.1 Å². The third kappa shape index (κ3) is 6.00. The maximum Gasteiger partial charge on any atom is 0.251 e. The fourth-order valence-electron chi connectivity index (χ4n) is 2.52. The highest BCUT2D eigenvalue weighted by Gasteiger charge is 2.30.